The number of halogens is 1. The number of hydrogen-bond donors (Lipinski definition) is 0. The lowest BCUT2D eigenvalue weighted by Gasteiger charge is -2.13. The molecule has 0 saturated carbocycles. The number of pyridine rings is 1. The molecule has 1 aromatic carbocycles. The van der Waals surface area contributed by atoms with Gasteiger partial charge in [0.2, 0.25) is 0 Å². The Morgan fingerprint density at radius 1 is 1.11 bits per heavy atom. The first-order chi connectivity index (χ1) is 9.35. The molecule has 1 heterocycles. The molecule has 0 spiro atoms. The van der Waals surface area contributed by atoms with E-state index < -0.39 is 0 Å². The number of hydrogen-bond acceptors (Lipinski definition) is 3. The Bertz CT molecular complexity index is 531. The van der Waals surface area contributed by atoms with Gasteiger partial charge in [0.15, 0.2) is 11.5 Å². The van der Waals surface area contributed by atoms with E-state index in [0.29, 0.717) is 24.0 Å². The van der Waals surface area contributed by atoms with Gasteiger partial charge in [-0.05, 0) is 24.6 Å². The Morgan fingerprint density at radius 3 is 2.63 bits per heavy atom. The van der Waals surface area contributed by atoms with Crippen LogP contribution in [0.4, 0.5) is 0 Å². The van der Waals surface area contributed by atoms with Gasteiger partial charge in [-0.1, -0.05) is 19.1 Å². The summed E-state index contributed by atoms with van der Waals surface area (Å²) in [6.45, 7) is 2.73. The summed E-state index contributed by atoms with van der Waals surface area (Å²) in [5.74, 6) is 2.49. The number of para-hydroxylation sites is 2. The van der Waals surface area contributed by atoms with Crippen molar-refractivity contribution in [2.24, 2.45) is 0 Å². The van der Waals surface area contributed by atoms with Gasteiger partial charge in [-0.2, -0.15) is 0 Å². The van der Waals surface area contributed by atoms with E-state index in [2.05, 4.69) is 11.9 Å². The fraction of sp³-hybridized carbons (Fsp3) is 0.267. The molecule has 3 nitrogen and oxygen atoms in total. The highest BCUT2D eigenvalue weighted by atomic mass is 35.5. The summed E-state index contributed by atoms with van der Waals surface area (Å²) >= 11 is 5.87. The van der Waals surface area contributed by atoms with E-state index in [1.165, 1.54) is 0 Å². The zero-order chi connectivity index (χ0) is 13.5. The number of nitrogens with zero attached hydrogens (tertiary/aromatic N) is 1. The van der Waals surface area contributed by atoms with Crippen LogP contribution < -0.4 is 9.47 Å². The van der Waals surface area contributed by atoms with Crippen molar-refractivity contribution in [3.63, 3.8) is 0 Å². The molecule has 0 bridgehead atoms. The lowest BCUT2D eigenvalue weighted by molar-refractivity contribution is 0.302. The lowest BCUT2D eigenvalue weighted by Crippen LogP contribution is -1.98. The molecule has 0 fully saturated rings. The molecule has 0 radical (unpaired) electrons. The molecule has 1 aromatic heterocycles. The monoisotopic (exact) mass is 277 g/mol. The minimum absolute atomic E-state index is 0.362. The molecule has 19 heavy (non-hydrogen) atoms. The zero-order valence-corrected chi connectivity index (χ0v) is 11.6. The molecular formula is C15H16ClNO2. The second-order valence-corrected chi connectivity index (χ2v) is 4.28. The average molecular weight is 278 g/mol. The third-order valence-electron chi connectivity index (χ3n) is 2.53. The van der Waals surface area contributed by atoms with Gasteiger partial charge < -0.3 is 9.47 Å². The second kappa shape index (κ2) is 7.00. The minimum atomic E-state index is 0.362. The van der Waals surface area contributed by atoms with E-state index in [1.807, 2.05) is 24.3 Å². The van der Waals surface area contributed by atoms with Gasteiger partial charge in [-0.3, -0.25) is 4.98 Å². The van der Waals surface area contributed by atoms with Crippen molar-refractivity contribution in [3.05, 3.63) is 48.3 Å². The van der Waals surface area contributed by atoms with Crippen molar-refractivity contribution < 1.29 is 9.47 Å². The predicted octanol–water partition coefficient (Wildman–Crippen LogP) is 4.40. The van der Waals surface area contributed by atoms with E-state index in [4.69, 9.17) is 21.1 Å². The van der Waals surface area contributed by atoms with E-state index in [1.54, 1.807) is 18.5 Å². The first-order valence-corrected chi connectivity index (χ1v) is 6.77. The van der Waals surface area contributed by atoms with Gasteiger partial charge in [0.05, 0.1) is 12.5 Å². The first-order valence-electron chi connectivity index (χ1n) is 6.23. The van der Waals surface area contributed by atoms with Crippen molar-refractivity contribution in [2.75, 3.05) is 6.61 Å². The standard InChI is InChI=1S/C15H16ClNO2/c1-2-9-18-14-5-3-4-6-15(14)19-13-7-8-17-11-12(13)10-16/h3-8,11H,2,9-10H2,1H3. The number of alkyl halides is 1. The van der Waals surface area contributed by atoms with Crippen LogP contribution in [-0.2, 0) is 5.88 Å². The smallest absolute Gasteiger partial charge is 0.169 e. The van der Waals surface area contributed by atoms with Crippen LogP contribution in [0.2, 0.25) is 0 Å². The van der Waals surface area contributed by atoms with E-state index in [-0.39, 0.29) is 0 Å². The summed E-state index contributed by atoms with van der Waals surface area (Å²) < 4.78 is 11.5. The molecule has 4 heteroatoms. The Labute approximate surface area is 118 Å². The predicted molar refractivity (Wildman–Crippen MR) is 76.1 cm³/mol. The third-order valence-corrected chi connectivity index (χ3v) is 2.82. The fourth-order valence-electron chi connectivity index (χ4n) is 1.60. The topological polar surface area (TPSA) is 31.4 Å². The van der Waals surface area contributed by atoms with Crippen LogP contribution in [-0.4, -0.2) is 11.6 Å². The molecular weight excluding hydrogens is 262 g/mol. The van der Waals surface area contributed by atoms with Crippen molar-refractivity contribution in [3.8, 4) is 17.2 Å². The highest BCUT2D eigenvalue weighted by Gasteiger charge is 2.08. The summed E-state index contributed by atoms with van der Waals surface area (Å²) in [6, 6.07) is 9.41. The van der Waals surface area contributed by atoms with Crippen LogP contribution in [0.25, 0.3) is 0 Å². The maximum absolute atomic E-state index is 5.88. The van der Waals surface area contributed by atoms with Crippen molar-refractivity contribution in [2.45, 2.75) is 19.2 Å². The summed E-state index contributed by atoms with van der Waals surface area (Å²) in [5, 5.41) is 0. The summed E-state index contributed by atoms with van der Waals surface area (Å²) in [5.41, 5.74) is 0.856. The molecule has 0 unspecified atom stereocenters. The van der Waals surface area contributed by atoms with Gasteiger partial charge in [-0.15, -0.1) is 11.6 Å². The van der Waals surface area contributed by atoms with E-state index >= 15 is 0 Å². The first kappa shape index (κ1) is 13.7. The zero-order valence-electron chi connectivity index (χ0n) is 10.8. The SMILES string of the molecule is CCCOc1ccccc1Oc1ccncc1CCl. The minimum Gasteiger partial charge on any atom is -0.490 e. The number of rotatable bonds is 6. The number of benzene rings is 1. The Hall–Kier alpha value is -1.74. The maximum Gasteiger partial charge on any atom is 0.169 e. The Balaban J connectivity index is 2.22. The van der Waals surface area contributed by atoms with Crippen LogP contribution in [0.5, 0.6) is 17.2 Å². The van der Waals surface area contributed by atoms with Gasteiger partial charge >= 0.3 is 0 Å². The Morgan fingerprint density at radius 2 is 1.89 bits per heavy atom. The molecule has 0 atom stereocenters. The molecule has 0 N–H and O–H groups in total. The molecule has 0 aliphatic rings. The van der Waals surface area contributed by atoms with Crippen LogP contribution in [0, 0.1) is 0 Å². The highest BCUT2D eigenvalue weighted by Crippen LogP contribution is 2.33. The highest BCUT2D eigenvalue weighted by molar-refractivity contribution is 6.17. The quantitative estimate of drug-likeness (QED) is 0.733. The van der Waals surface area contributed by atoms with Crippen molar-refractivity contribution >= 4 is 11.6 Å². The van der Waals surface area contributed by atoms with E-state index in [9.17, 15) is 0 Å². The summed E-state index contributed by atoms with van der Waals surface area (Å²) in [4.78, 5) is 4.03. The fourth-order valence-corrected chi connectivity index (χ4v) is 1.80. The lowest BCUT2D eigenvalue weighted by atomic mass is 10.3. The van der Waals surface area contributed by atoms with Crippen molar-refractivity contribution in [1.82, 2.24) is 4.98 Å². The number of aromatic nitrogens is 1. The van der Waals surface area contributed by atoms with Crippen LogP contribution >= 0.6 is 11.6 Å². The average Bonchev–Trinajstić information content (AvgIpc) is 2.47. The molecule has 0 aliphatic carbocycles. The molecule has 2 rings (SSSR count). The summed E-state index contributed by atoms with van der Waals surface area (Å²) in [6.07, 6.45) is 4.34. The van der Waals surface area contributed by atoms with Crippen molar-refractivity contribution in [1.29, 1.82) is 0 Å². The summed E-state index contributed by atoms with van der Waals surface area (Å²) in [7, 11) is 0. The van der Waals surface area contributed by atoms with E-state index in [0.717, 1.165) is 17.7 Å². The Kier molecular flexibility index (Phi) is 5.04. The third kappa shape index (κ3) is 3.61. The van der Waals surface area contributed by atoms with Gasteiger partial charge in [0.25, 0.3) is 0 Å². The van der Waals surface area contributed by atoms with Crippen LogP contribution in [0.15, 0.2) is 42.7 Å². The largest absolute Gasteiger partial charge is 0.490 e. The van der Waals surface area contributed by atoms with Gasteiger partial charge in [0, 0.05) is 18.0 Å². The number of ether oxygens (including phenoxy) is 2. The van der Waals surface area contributed by atoms with Crippen LogP contribution in [0.1, 0.15) is 18.9 Å². The molecule has 0 amide bonds. The molecule has 0 saturated heterocycles. The molecule has 100 valence electrons. The maximum atomic E-state index is 5.88. The normalized spacial score (nSPS) is 10.2. The molecule has 0 aliphatic heterocycles. The van der Waals surface area contributed by atoms with Gasteiger partial charge in [-0.25, -0.2) is 0 Å². The second-order valence-electron chi connectivity index (χ2n) is 4.01. The van der Waals surface area contributed by atoms with Crippen LogP contribution in [0.3, 0.4) is 0 Å². The van der Waals surface area contributed by atoms with Gasteiger partial charge in [0.1, 0.15) is 5.75 Å². The molecule has 2 aromatic rings.